The highest BCUT2D eigenvalue weighted by atomic mass is 32.2. The van der Waals surface area contributed by atoms with Gasteiger partial charge in [-0.1, -0.05) is 69.7 Å². The molecule has 0 aromatic heterocycles. The Morgan fingerprint density at radius 1 is 0.880 bits per heavy atom. The van der Waals surface area contributed by atoms with Gasteiger partial charge in [-0.15, -0.1) is 0 Å². The molecule has 4 saturated heterocycles. The molecule has 0 aromatic rings. The smallest absolute Gasteiger partial charge is 0.422 e. The SMILES string of the molecule is COC1CC(C[C@H]2C3CCCN4C(=O)C(=O)C5(O)O[C@H](CC/C(C)=C/C=C/C=C/[C@@H](C)CC(C)C(=O)[C@H](OC)C(O)/C(C)=C/[C@@H](C)C(=O)C[C@@H]2OC(=O)C34)CCC5C)CC[C@H]1OC(=O)NS(=O)(=O)N1CCN(C)CC1. The Bertz CT molecular complexity index is 2300. The van der Waals surface area contributed by atoms with Crippen molar-refractivity contribution in [2.45, 2.75) is 167 Å². The van der Waals surface area contributed by atoms with E-state index in [1.807, 2.05) is 60.9 Å². The summed E-state index contributed by atoms with van der Waals surface area (Å²) in [5, 5.41) is 23.5. The molecule has 8 unspecified atom stereocenters. The van der Waals surface area contributed by atoms with Gasteiger partial charge in [-0.2, -0.15) is 12.7 Å². The number of methoxy groups -OCH3 is 2. The summed E-state index contributed by atoms with van der Waals surface area (Å²) in [7, 11) is 0.576. The lowest BCUT2D eigenvalue weighted by atomic mass is 9.68. The van der Waals surface area contributed by atoms with Gasteiger partial charge in [0.25, 0.3) is 11.7 Å². The minimum atomic E-state index is -4.15. The van der Waals surface area contributed by atoms with Crippen molar-refractivity contribution in [3.63, 3.8) is 0 Å². The molecule has 420 valence electrons. The lowest BCUT2D eigenvalue weighted by molar-refractivity contribution is -0.263. The van der Waals surface area contributed by atoms with Gasteiger partial charge in [0.1, 0.15) is 36.2 Å². The number of nitrogens with zero attached hydrogens (tertiary/aromatic N) is 3. The summed E-state index contributed by atoms with van der Waals surface area (Å²) in [6.07, 6.45) is 9.54. The fourth-order valence-corrected chi connectivity index (χ4v) is 13.1. The van der Waals surface area contributed by atoms with E-state index in [9.17, 15) is 47.4 Å². The van der Waals surface area contributed by atoms with Crippen molar-refractivity contribution in [2.75, 3.05) is 54.0 Å². The van der Waals surface area contributed by atoms with E-state index in [2.05, 4.69) is 0 Å². The molecule has 0 radical (unpaired) electrons. The monoisotopic (exact) mass is 1070 g/mol. The second-order valence-corrected chi connectivity index (χ2v) is 24.1. The number of likely N-dealkylation sites (N-methyl/N-ethyl adjacent to an activating group) is 1. The van der Waals surface area contributed by atoms with Gasteiger partial charge < -0.3 is 43.7 Å². The molecule has 6 aliphatic rings. The number of fused-ring (bicyclic) bond motifs is 4. The quantitative estimate of drug-likeness (QED) is 0.173. The fraction of sp³-hybridized carbons (Fsp3) is 0.745. The Morgan fingerprint density at radius 2 is 1.60 bits per heavy atom. The van der Waals surface area contributed by atoms with Crippen molar-refractivity contribution in [1.29, 1.82) is 0 Å². The standard InChI is InChI=1S/C55H84N4O15S/c1-33-14-11-10-12-15-34(2)28-36(4)48(61)50(71-9)49(62)37(5)29-35(3)43(60)32-45-42(30-39-19-22-44(46(31-39)70-8)73-54(66)56-75(68,69)58-26-24-57(7)25-27-58)41-16-13-23-59(47(41)53(65)72-45)52(64)51(63)55(67)38(6)18-21-40(74-55)20-17-33/h10-12,14-15,29,34-36,38-42,44-47,49-50,62,67H,13,16-28,30-32H2,1-9H3,(H,56,66)/b11-10+,15-12+,33-14+,37-29+/t34-,35-,36?,38?,39?,40-,41?,42+,44-,45+,46?,47?,49?,50+,55?/m1/s1. The van der Waals surface area contributed by atoms with Crippen LogP contribution in [0.1, 0.15) is 119 Å². The Labute approximate surface area is 444 Å². The highest BCUT2D eigenvalue weighted by molar-refractivity contribution is 7.87. The molecule has 19 nitrogen and oxygen atoms in total. The third-order valence-electron chi connectivity index (χ3n) is 16.8. The second-order valence-electron chi connectivity index (χ2n) is 22.4. The summed E-state index contributed by atoms with van der Waals surface area (Å²) in [6.45, 7) is 12.3. The maximum absolute atomic E-state index is 14.6. The molecule has 6 rings (SSSR count). The van der Waals surface area contributed by atoms with Gasteiger partial charge in [-0.3, -0.25) is 19.2 Å². The number of nitrogens with one attached hydrogen (secondary N) is 1. The van der Waals surface area contributed by atoms with Crippen LogP contribution in [0.15, 0.2) is 47.6 Å². The van der Waals surface area contributed by atoms with Crippen LogP contribution in [-0.4, -0.2) is 170 Å². The minimum absolute atomic E-state index is 0.0197. The van der Waals surface area contributed by atoms with Crippen LogP contribution in [0.2, 0.25) is 0 Å². The van der Waals surface area contributed by atoms with Crippen LogP contribution in [0.4, 0.5) is 4.79 Å². The van der Waals surface area contributed by atoms with Gasteiger partial charge in [-0.25, -0.2) is 14.3 Å². The zero-order valence-electron chi connectivity index (χ0n) is 45.5. The van der Waals surface area contributed by atoms with Crippen LogP contribution in [0.25, 0.3) is 0 Å². The molecular formula is C55H84N4O15S. The average Bonchev–Trinajstić information content (AvgIpc) is 3.37. The molecule has 5 fully saturated rings. The van der Waals surface area contributed by atoms with Crippen molar-refractivity contribution in [2.24, 2.45) is 41.4 Å². The van der Waals surface area contributed by atoms with Crippen LogP contribution in [0.5, 0.6) is 0 Å². The van der Waals surface area contributed by atoms with Crippen molar-refractivity contribution >= 4 is 45.5 Å². The van der Waals surface area contributed by atoms with E-state index < -0.39 is 112 Å². The highest BCUT2D eigenvalue weighted by Crippen LogP contribution is 2.45. The maximum Gasteiger partial charge on any atom is 0.422 e. The molecule has 20 heteroatoms. The summed E-state index contributed by atoms with van der Waals surface area (Å²) in [4.78, 5) is 87.8. The largest absolute Gasteiger partial charge is 0.460 e. The van der Waals surface area contributed by atoms with Gasteiger partial charge in [0.2, 0.25) is 5.79 Å². The summed E-state index contributed by atoms with van der Waals surface area (Å²) < 4.78 is 58.9. The van der Waals surface area contributed by atoms with E-state index >= 15 is 0 Å². The Kier molecular flexibility index (Phi) is 21.2. The first kappa shape index (κ1) is 60.1. The molecule has 2 amide bonds. The zero-order valence-corrected chi connectivity index (χ0v) is 46.3. The first-order valence-electron chi connectivity index (χ1n) is 27.1. The van der Waals surface area contributed by atoms with Crippen molar-refractivity contribution in [1.82, 2.24) is 18.8 Å². The molecule has 15 atom stereocenters. The van der Waals surface area contributed by atoms with Crippen molar-refractivity contribution < 1.29 is 71.1 Å². The van der Waals surface area contributed by atoms with Crippen LogP contribution >= 0.6 is 0 Å². The number of carbonyl (C=O) groups is 6. The summed E-state index contributed by atoms with van der Waals surface area (Å²) >= 11 is 0. The highest BCUT2D eigenvalue weighted by Gasteiger charge is 2.57. The number of aliphatic hydroxyl groups is 2. The normalized spacial score (nSPS) is 39.4. The predicted molar refractivity (Wildman–Crippen MR) is 278 cm³/mol. The minimum Gasteiger partial charge on any atom is -0.460 e. The number of piperazine rings is 1. The van der Waals surface area contributed by atoms with Crippen molar-refractivity contribution in [3.05, 3.63) is 47.6 Å². The maximum atomic E-state index is 14.6. The molecule has 3 N–H and O–H groups in total. The number of aliphatic hydroxyl groups excluding tert-OH is 1. The number of allylic oxidation sites excluding steroid dienone is 7. The van der Waals surface area contributed by atoms with Crippen molar-refractivity contribution in [3.8, 4) is 0 Å². The van der Waals surface area contributed by atoms with Gasteiger partial charge in [-0.05, 0) is 115 Å². The Hall–Kier alpha value is -4.15. The van der Waals surface area contributed by atoms with E-state index in [4.69, 9.17) is 23.7 Å². The number of hydrogen-bond acceptors (Lipinski definition) is 16. The molecule has 5 aliphatic heterocycles. The third-order valence-corrected chi connectivity index (χ3v) is 18.2. The summed E-state index contributed by atoms with van der Waals surface area (Å²) in [5.41, 5.74) is 1.39. The van der Waals surface area contributed by atoms with Gasteiger partial charge in [0.15, 0.2) is 5.78 Å². The van der Waals surface area contributed by atoms with Crippen LogP contribution in [0.3, 0.4) is 0 Å². The third kappa shape index (κ3) is 14.9. The number of ketones is 3. The molecule has 5 heterocycles. The average molecular weight is 1070 g/mol. The number of carbonyl (C=O) groups excluding carboxylic acids is 6. The summed E-state index contributed by atoms with van der Waals surface area (Å²) in [5.74, 6) is -9.12. The van der Waals surface area contributed by atoms with E-state index in [0.717, 1.165) is 5.57 Å². The number of esters is 1. The van der Waals surface area contributed by atoms with Gasteiger partial charge >= 0.3 is 22.3 Å². The fourth-order valence-electron chi connectivity index (χ4n) is 12.1. The van der Waals surface area contributed by atoms with Crippen LogP contribution in [0, 0.1) is 41.4 Å². The zero-order chi connectivity index (χ0) is 54.9. The number of amides is 2. The Balaban J connectivity index is 1.27. The van der Waals surface area contributed by atoms with E-state index in [0.29, 0.717) is 89.3 Å². The molecule has 4 bridgehead atoms. The molecule has 0 aromatic carbocycles. The first-order valence-corrected chi connectivity index (χ1v) is 28.5. The molecule has 75 heavy (non-hydrogen) atoms. The van der Waals surface area contributed by atoms with Gasteiger partial charge in [0.05, 0.1) is 12.2 Å². The molecule has 0 spiro atoms. The molecule has 1 saturated carbocycles. The topological polar surface area (TPSA) is 245 Å². The second kappa shape index (κ2) is 26.5. The Morgan fingerprint density at radius 3 is 2.29 bits per heavy atom. The summed E-state index contributed by atoms with van der Waals surface area (Å²) in [6, 6.07) is -1.20. The van der Waals surface area contributed by atoms with Crippen LogP contribution < -0.4 is 4.72 Å². The lowest BCUT2D eigenvalue weighted by Crippen LogP contribution is -2.65. The first-order chi connectivity index (χ1) is 35.5. The number of piperidine rings is 1. The number of rotatable bonds is 7. The lowest BCUT2D eigenvalue weighted by Gasteiger charge is -2.50. The van der Waals surface area contributed by atoms with E-state index in [1.165, 1.54) is 23.4 Å². The van der Waals surface area contributed by atoms with Crippen LogP contribution in [-0.2, 0) is 57.9 Å². The number of Topliss-reactive ketones (excluding diaryl/α,β-unsaturated/α-hetero) is 3. The van der Waals surface area contributed by atoms with E-state index in [-0.39, 0.29) is 49.5 Å². The molecule has 1 aliphatic carbocycles. The van der Waals surface area contributed by atoms with E-state index in [1.54, 1.807) is 33.8 Å². The number of hydrogen-bond donors (Lipinski definition) is 3. The van der Waals surface area contributed by atoms with Gasteiger partial charge in [0, 0.05) is 77.0 Å². The predicted octanol–water partition coefficient (Wildman–Crippen LogP) is 5.00. The number of ether oxygens (including phenoxy) is 5. The molecular weight excluding hydrogens is 989 g/mol.